The van der Waals surface area contributed by atoms with Crippen LogP contribution in [0.5, 0.6) is 0 Å². The number of carbonyl (C=O) groups is 1. The van der Waals surface area contributed by atoms with Gasteiger partial charge in [-0.3, -0.25) is 4.79 Å². The zero-order chi connectivity index (χ0) is 37.4. The van der Waals surface area contributed by atoms with Crippen molar-refractivity contribution in [1.82, 2.24) is 5.32 Å². The summed E-state index contributed by atoms with van der Waals surface area (Å²) >= 11 is 0. The molecule has 0 aromatic rings. The molecule has 300 valence electrons. The minimum atomic E-state index is -1.57. The maximum absolute atomic E-state index is 12.9. The molecule has 9 heteroatoms. The fraction of sp³-hybridized carbons (Fsp3) is 0.881. The monoisotopic (exact) mass is 726 g/mol. The van der Waals surface area contributed by atoms with E-state index >= 15 is 0 Å². The second-order valence-corrected chi connectivity index (χ2v) is 14.8. The van der Waals surface area contributed by atoms with Gasteiger partial charge in [0.1, 0.15) is 24.4 Å². The van der Waals surface area contributed by atoms with E-state index < -0.39 is 49.5 Å². The molecule has 9 nitrogen and oxygen atoms in total. The summed E-state index contributed by atoms with van der Waals surface area (Å²) in [6.07, 6.45) is 30.8. The SMILES string of the molecule is CCCCCCCCCCCCC/C=C/CC/C=C/C(O)C(COC1OC(CO)C(O)C(O)C1O)NC(=O)CCCCCCCCCCCCC. The molecule has 0 aliphatic carbocycles. The van der Waals surface area contributed by atoms with E-state index in [4.69, 9.17) is 9.47 Å². The molecule has 51 heavy (non-hydrogen) atoms. The van der Waals surface area contributed by atoms with Crippen molar-refractivity contribution >= 4 is 5.91 Å². The Morgan fingerprint density at radius 1 is 0.647 bits per heavy atom. The highest BCUT2D eigenvalue weighted by molar-refractivity contribution is 5.76. The van der Waals surface area contributed by atoms with Crippen molar-refractivity contribution in [1.29, 1.82) is 0 Å². The average Bonchev–Trinajstić information content (AvgIpc) is 3.13. The van der Waals surface area contributed by atoms with E-state index in [2.05, 4.69) is 31.3 Å². The van der Waals surface area contributed by atoms with Gasteiger partial charge in [-0.15, -0.1) is 0 Å². The largest absolute Gasteiger partial charge is 0.394 e. The van der Waals surface area contributed by atoms with Crippen molar-refractivity contribution in [2.45, 2.75) is 224 Å². The van der Waals surface area contributed by atoms with Gasteiger partial charge in [-0.2, -0.15) is 0 Å². The molecule has 0 saturated carbocycles. The van der Waals surface area contributed by atoms with Crippen molar-refractivity contribution in [3.63, 3.8) is 0 Å². The Kier molecular flexibility index (Phi) is 31.1. The fourth-order valence-corrected chi connectivity index (χ4v) is 6.58. The number of hydrogen-bond donors (Lipinski definition) is 6. The summed E-state index contributed by atoms with van der Waals surface area (Å²) in [7, 11) is 0. The van der Waals surface area contributed by atoms with Crippen molar-refractivity contribution in [3.05, 3.63) is 24.3 Å². The smallest absolute Gasteiger partial charge is 0.220 e. The molecule has 1 fully saturated rings. The number of unbranched alkanes of at least 4 members (excludes halogenated alkanes) is 22. The Bertz CT molecular complexity index is 853. The predicted molar refractivity (Wildman–Crippen MR) is 207 cm³/mol. The van der Waals surface area contributed by atoms with Gasteiger partial charge in [0, 0.05) is 6.42 Å². The number of amides is 1. The van der Waals surface area contributed by atoms with E-state index in [0.29, 0.717) is 6.42 Å². The minimum Gasteiger partial charge on any atom is -0.394 e. The molecule has 1 rings (SSSR count). The van der Waals surface area contributed by atoms with Crippen LogP contribution in [0.1, 0.15) is 181 Å². The van der Waals surface area contributed by atoms with E-state index in [1.54, 1.807) is 6.08 Å². The van der Waals surface area contributed by atoms with Gasteiger partial charge in [0.15, 0.2) is 6.29 Å². The Balaban J connectivity index is 2.43. The number of carbonyl (C=O) groups excluding carboxylic acids is 1. The molecule has 7 unspecified atom stereocenters. The summed E-state index contributed by atoms with van der Waals surface area (Å²) in [5.74, 6) is -0.189. The fourth-order valence-electron chi connectivity index (χ4n) is 6.58. The van der Waals surface area contributed by atoms with Crippen molar-refractivity contribution in [2.75, 3.05) is 13.2 Å². The topological polar surface area (TPSA) is 149 Å². The summed E-state index contributed by atoms with van der Waals surface area (Å²) in [5, 5.41) is 54.0. The third kappa shape index (κ3) is 24.6. The normalized spacial score (nSPS) is 22.2. The lowest BCUT2D eigenvalue weighted by Crippen LogP contribution is -2.60. The Morgan fingerprint density at radius 3 is 1.65 bits per heavy atom. The summed E-state index contributed by atoms with van der Waals surface area (Å²) in [6, 6.07) is -0.814. The third-order valence-corrected chi connectivity index (χ3v) is 10.0. The highest BCUT2D eigenvalue weighted by Gasteiger charge is 2.44. The van der Waals surface area contributed by atoms with Crippen LogP contribution in [0, 0.1) is 0 Å². The van der Waals surface area contributed by atoms with Crippen LogP contribution in [-0.4, -0.2) is 87.5 Å². The van der Waals surface area contributed by atoms with Gasteiger partial charge in [-0.25, -0.2) is 0 Å². The quantitative estimate of drug-likeness (QED) is 0.0289. The molecule has 0 radical (unpaired) electrons. The summed E-state index contributed by atoms with van der Waals surface area (Å²) < 4.78 is 11.2. The highest BCUT2D eigenvalue weighted by atomic mass is 16.7. The van der Waals surface area contributed by atoms with Crippen molar-refractivity contribution < 1.29 is 39.8 Å². The lowest BCUT2D eigenvalue weighted by atomic mass is 9.99. The predicted octanol–water partition coefficient (Wildman–Crippen LogP) is 7.94. The van der Waals surface area contributed by atoms with Gasteiger partial charge in [-0.1, -0.05) is 167 Å². The first-order valence-electron chi connectivity index (χ1n) is 21.1. The van der Waals surface area contributed by atoms with Crippen molar-refractivity contribution in [3.8, 4) is 0 Å². The van der Waals surface area contributed by atoms with Crippen LogP contribution < -0.4 is 5.32 Å². The maximum Gasteiger partial charge on any atom is 0.220 e. The Morgan fingerprint density at radius 2 is 1.12 bits per heavy atom. The van der Waals surface area contributed by atoms with Crippen LogP contribution in [-0.2, 0) is 14.3 Å². The molecule has 0 aromatic carbocycles. The first-order valence-corrected chi connectivity index (χ1v) is 21.1. The van der Waals surface area contributed by atoms with E-state index in [-0.39, 0.29) is 12.5 Å². The van der Waals surface area contributed by atoms with Crippen LogP contribution in [0.25, 0.3) is 0 Å². The van der Waals surface area contributed by atoms with E-state index in [9.17, 15) is 30.3 Å². The standard InChI is InChI=1S/C42H79NO8/c1-3-5-7-9-11-13-15-16-17-18-19-20-22-23-25-27-29-31-36(45)35(34-50-42-41(49)40(48)39(47)37(33-44)51-42)43-38(46)32-30-28-26-24-21-14-12-10-8-6-4-2/h22-23,29,31,35-37,39-42,44-45,47-49H,3-21,24-28,30,32-34H2,1-2H3,(H,43,46)/b23-22+,31-29+. The van der Waals surface area contributed by atoms with Crippen LogP contribution in [0.4, 0.5) is 0 Å². The number of nitrogens with one attached hydrogen (secondary N) is 1. The minimum absolute atomic E-state index is 0.189. The molecule has 6 N–H and O–H groups in total. The second kappa shape index (κ2) is 33.3. The van der Waals surface area contributed by atoms with Crippen LogP contribution in [0.2, 0.25) is 0 Å². The van der Waals surface area contributed by atoms with Crippen LogP contribution >= 0.6 is 0 Å². The number of aliphatic hydroxyl groups is 5. The van der Waals surface area contributed by atoms with Gasteiger partial charge in [0.25, 0.3) is 0 Å². The molecule has 7 atom stereocenters. The van der Waals surface area contributed by atoms with E-state index in [1.165, 1.54) is 122 Å². The molecule has 1 aliphatic rings. The van der Waals surface area contributed by atoms with Gasteiger partial charge in [0.2, 0.25) is 5.91 Å². The molecule has 0 aromatic heterocycles. The average molecular weight is 726 g/mol. The summed E-state index contributed by atoms with van der Waals surface area (Å²) in [4.78, 5) is 12.9. The van der Waals surface area contributed by atoms with Gasteiger partial charge < -0.3 is 40.3 Å². The van der Waals surface area contributed by atoms with Gasteiger partial charge >= 0.3 is 0 Å². The highest BCUT2D eigenvalue weighted by Crippen LogP contribution is 2.22. The second-order valence-electron chi connectivity index (χ2n) is 14.8. The summed E-state index contributed by atoms with van der Waals surface area (Å²) in [5.41, 5.74) is 0. The van der Waals surface area contributed by atoms with E-state index in [0.717, 1.165) is 38.5 Å². The zero-order valence-electron chi connectivity index (χ0n) is 32.6. The number of hydrogen-bond acceptors (Lipinski definition) is 8. The van der Waals surface area contributed by atoms with Crippen LogP contribution in [0.15, 0.2) is 24.3 Å². The first kappa shape index (κ1) is 47.7. The Hall–Kier alpha value is -1.33. The molecule has 0 spiro atoms. The molecule has 1 saturated heterocycles. The van der Waals surface area contributed by atoms with Gasteiger partial charge in [0.05, 0.1) is 25.4 Å². The first-order chi connectivity index (χ1) is 24.8. The molecular weight excluding hydrogens is 646 g/mol. The number of rotatable bonds is 34. The maximum atomic E-state index is 12.9. The lowest BCUT2D eigenvalue weighted by molar-refractivity contribution is -0.302. The summed E-state index contributed by atoms with van der Waals surface area (Å²) in [6.45, 7) is 3.73. The van der Waals surface area contributed by atoms with Gasteiger partial charge in [-0.05, 0) is 32.1 Å². The van der Waals surface area contributed by atoms with Crippen LogP contribution in [0.3, 0.4) is 0 Å². The molecular formula is C42H79NO8. The number of ether oxygens (including phenoxy) is 2. The molecule has 1 heterocycles. The lowest BCUT2D eigenvalue weighted by Gasteiger charge is -2.40. The van der Waals surface area contributed by atoms with Crippen molar-refractivity contribution in [2.24, 2.45) is 0 Å². The van der Waals surface area contributed by atoms with E-state index in [1.807, 2.05) is 6.08 Å². The zero-order valence-corrected chi connectivity index (χ0v) is 32.6. The molecule has 1 amide bonds. The number of aliphatic hydroxyl groups excluding tert-OH is 5. The molecule has 0 bridgehead atoms. The number of allylic oxidation sites excluding steroid dienone is 3. The molecule has 1 aliphatic heterocycles. The Labute approximate surface area is 311 Å². The third-order valence-electron chi connectivity index (χ3n) is 10.0.